The number of carbonyl (C=O) groups is 1. The van der Waals surface area contributed by atoms with E-state index in [9.17, 15) is 9.18 Å². The van der Waals surface area contributed by atoms with Gasteiger partial charge >= 0.3 is 0 Å². The van der Waals surface area contributed by atoms with Crippen LogP contribution in [0.15, 0.2) is 24.3 Å². The van der Waals surface area contributed by atoms with Crippen molar-refractivity contribution in [2.45, 2.75) is 37.5 Å². The molecule has 1 unspecified atom stereocenters. The molecular formula is C17H21BrFNO. The Labute approximate surface area is 133 Å². The van der Waals surface area contributed by atoms with Crippen molar-refractivity contribution in [2.75, 3.05) is 18.4 Å². The van der Waals surface area contributed by atoms with E-state index < -0.39 is 0 Å². The fourth-order valence-corrected chi connectivity index (χ4v) is 4.36. The van der Waals surface area contributed by atoms with Crippen molar-refractivity contribution in [3.8, 4) is 0 Å². The van der Waals surface area contributed by atoms with Crippen molar-refractivity contribution >= 4 is 21.8 Å². The monoisotopic (exact) mass is 353 g/mol. The van der Waals surface area contributed by atoms with Crippen molar-refractivity contribution in [1.82, 2.24) is 4.90 Å². The lowest BCUT2D eigenvalue weighted by Gasteiger charge is -2.34. The molecular weight excluding hydrogens is 333 g/mol. The van der Waals surface area contributed by atoms with Gasteiger partial charge < -0.3 is 4.90 Å². The summed E-state index contributed by atoms with van der Waals surface area (Å²) in [6.45, 7) is 1.48. The smallest absolute Gasteiger partial charge is 0.222 e. The molecule has 1 saturated heterocycles. The van der Waals surface area contributed by atoms with Gasteiger partial charge in [0, 0.05) is 30.3 Å². The summed E-state index contributed by atoms with van der Waals surface area (Å²) >= 11 is 3.47. The Morgan fingerprint density at radius 2 is 2.00 bits per heavy atom. The molecule has 0 bridgehead atoms. The van der Waals surface area contributed by atoms with Crippen LogP contribution >= 0.6 is 15.9 Å². The molecule has 3 rings (SSSR count). The lowest BCUT2D eigenvalue weighted by molar-refractivity contribution is -0.128. The fourth-order valence-electron chi connectivity index (χ4n) is 3.93. The molecule has 4 heteroatoms. The maximum absolute atomic E-state index is 14.3. The number of amides is 1. The van der Waals surface area contributed by atoms with E-state index in [1.807, 2.05) is 17.0 Å². The standard InChI is InChI=1S/C17H21BrFNO/c18-10-13-9-16(21)20(11-13)12-17(7-3-4-8-17)14-5-1-2-6-15(14)19/h1-2,5-6,13H,3-4,7-12H2. The van der Waals surface area contributed by atoms with Gasteiger partial charge in [-0.3, -0.25) is 4.79 Å². The second-order valence-corrected chi connectivity index (χ2v) is 7.11. The van der Waals surface area contributed by atoms with Crippen LogP contribution in [-0.2, 0) is 10.2 Å². The molecule has 2 fully saturated rings. The van der Waals surface area contributed by atoms with Gasteiger partial charge in [0.15, 0.2) is 0 Å². The van der Waals surface area contributed by atoms with Crippen LogP contribution in [0.1, 0.15) is 37.7 Å². The highest BCUT2D eigenvalue weighted by atomic mass is 79.9. The lowest BCUT2D eigenvalue weighted by atomic mass is 9.78. The molecule has 0 spiro atoms. The van der Waals surface area contributed by atoms with Crippen LogP contribution in [0.5, 0.6) is 0 Å². The minimum absolute atomic E-state index is 0.122. The van der Waals surface area contributed by atoms with E-state index in [1.54, 1.807) is 12.1 Å². The summed E-state index contributed by atoms with van der Waals surface area (Å²) in [5, 5.41) is 0.863. The van der Waals surface area contributed by atoms with Gasteiger partial charge in [0.05, 0.1) is 0 Å². The van der Waals surface area contributed by atoms with Crippen molar-refractivity contribution in [2.24, 2.45) is 5.92 Å². The summed E-state index contributed by atoms with van der Waals surface area (Å²) in [6.07, 6.45) is 4.84. The third-order valence-corrected chi connectivity index (χ3v) is 5.93. The Morgan fingerprint density at radius 3 is 2.62 bits per heavy atom. The number of hydrogen-bond donors (Lipinski definition) is 0. The molecule has 21 heavy (non-hydrogen) atoms. The first-order valence-electron chi connectivity index (χ1n) is 7.73. The second kappa shape index (κ2) is 6.07. The van der Waals surface area contributed by atoms with Gasteiger partial charge in [0.2, 0.25) is 5.91 Å². The van der Waals surface area contributed by atoms with Gasteiger partial charge in [0.1, 0.15) is 5.82 Å². The Kier molecular flexibility index (Phi) is 4.34. The predicted octanol–water partition coefficient (Wildman–Crippen LogP) is 3.88. The number of likely N-dealkylation sites (tertiary alicyclic amines) is 1. The molecule has 1 atom stereocenters. The molecule has 0 aromatic heterocycles. The lowest BCUT2D eigenvalue weighted by Crippen LogP contribution is -2.40. The van der Waals surface area contributed by atoms with E-state index in [1.165, 1.54) is 0 Å². The SMILES string of the molecule is O=C1CC(CBr)CN1CC1(c2ccccc2F)CCCC1. The van der Waals surface area contributed by atoms with Crippen LogP contribution in [0.25, 0.3) is 0 Å². The molecule has 0 radical (unpaired) electrons. The van der Waals surface area contributed by atoms with Crippen molar-refractivity contribution in [3.05, 3.63) is 35.6 Å². The highest BCUT2D eigenvalue weighted by Gasteiger charge is 2.42. The minimum Gasteiger partial charge on any atom is -0.341 e. The molecule has 0 N–H and O–H groups in total. The summed E-state index contributed by atoms with van der Waals surface area (Å²) in [5.41, 5.74) is 0.625. The molecule has 1 amide bonds. The highest BCUT2D eigenvalue weighted by molar-refractivity contribution is 9.09. The predicted molar refractivity (Wildman–Crippen MR) is 85.0 cm³/mol. The summed E-state index contributed by atoms with van der Waals surface area (Å²) in [6, 6.07) is 7.10. The molecule has 1 aliphatic carbocycles. The average Bonchev–Trinajstić information content (AvgIpc) is 3.08. The van der Waals surface area contributed by atoms with Crippen LogP contribution in [0.2, 0.25) is 0 Å². The van der Waals surface area contributed by atoms with Gasteiger partial charge in [-0.15, -0.1) is 0 Å². The minimum atomic E-state index is -0.178. The van der Waals surface area contributed by atoms with Crippen molar-refractivity contribution < 1.29 is 9.18 Å². The zero-order chi connectivity index (χ0) is 14.9. The molecule has 1 aromatic carbocycles. The Morgan fingerprint density at radius 1 is 1.29 bits per heavy atom. The van der Waals surface area contributed by atoms with Crippen LogP contribution in [0.4, 0.5) is 4.39 Å². The number of alkyl halides is 1. The maximum atomic E-state index is 14.3. The molecule has 1 aliphatic heterocycles. The topological polar surface area (TPSA) is 20.3 Å². The summed E-state index contributed by atoms with van der Waals surface area (Å²) < 4.78 is 14.3. The summed E-state index contributed by atoms with van der Waals surface area (Å²) in [4.78, 5) is 14.2. The second-order valence-electron chi connectivity index (χ2n) is 6.47. The highest BCUT2D eigenvalue weighted by Crippen LogP contribution is 2.43. The number of benzene rings is 1. The van der Waals surface area contributed by atoms with E-state index in [2.05, 4.69) is 15.9 Å². The van der Waals surface area contributed by atoms with Gasteiger partial charge in [-0.1, -0.05) is 47.0 Å². The molecule has 1 saturated carbocycles. The van der Waals surface area contributed by atoms with Crippen LogP contribution in [-0.4, -0.2) is 29.2 Å². The molecule has 1 aromatic rings. The van der Waals surface area contributed by atoms with E-state index in [-0.39, 0.29) is 17.1 Å². The zero-order valence-electron chi connectivity index (χ0n) is 12.2. The van der Waals surface area contributed by atoms with E-state index >= 15 is 0 Å². The third kappa shape index (κ3) is 2.87. The molecule has 2 nitrogen and oxygen atoms in total. The van der Waals surface area contributed by atoms with Gasteiger partial charge in [0.25, 0.3) is 0 Å². The Hall–Kier alpha value is -0.900. The van der Waals surface area contributed by atoms with Crippen molar-refractivity contribution in [3.63, 3.8) is 0 Å². The first-order chi connectivity index (χ1) is 10.1. The van der Waals surface area contributed by atoms with Crippen LogP contribution < -0.4 is 0 Å². The largest absolute Gasteiger partial charge is 0.341 e. The third-order valence-electron chi connectivity index (χ3n) is 5.01. The van der Waals surface area contributed by atoms with Gasteiger partial charge in [-0.05, 0) is 30.4 Å². The maximum Gasteiger partial charge on any atom is 0.222 e. The fraction of sp³-hybridized carbons (Fsp3) is 0.588. The number of nitrogens with zero attached hydrogens (tertiary/aromatic N) is 1. The van der Waals surface area contributed by atoms with E-state index in [4.69, 9.17) is 0 Å². The molecule has 1 heterocycles. The quantitative estimate of drug-likeness (QED) is 0.752. The van der Waals surface area contributed by atoms with Crippen molar-refractivity contribution in [1.29, 1.82) is 0 Å². The molecule has 114 valence electrons. The number of rotatable bonds is 4. The molecule has 2 aliphatic rings. The van der Waals surface area contributed by atoms with Crippen LogP contribution in [0, 0.1) is 11.7 Å². The van der Waals surface area contributed by atoms with Gasteiger partial charge in [-0.2, -0.15) is 0 Å². The summed E-state index contributed by atoms with van der Waals surface area (Å²) in [7, 11) is 0. The number of hydrogen-bond acceptors (Lipinski definition) is 1. The average molecular weight is 354 g/mol. The van der Waals surface area contributed by atoms with Crippen LogP contribution in [0.3, 0.4) is 0 Å². The zero-order valence-corrected chi connectivity index (χ0v) is 13.7. The van der Waals surface area contributed by atoms with E-state index in [0.29, 0.717) is 18.9 Å². The van der Waals surface area contributed by atoms with E-state index in [0.717, 1.165) is 43.1 Å². The Bertz CT molecular complexity index is 527. The first-order valence-corrected chi connectivity index (χ1v) is 8.85. The number of halogens is 2. The number of carbonyl (C=O) groups excluding carboxylic acids is 1. The normalized spacial score (nSPS) is 24.8. The first kappa shape index (κ1) is 15.0. The Balaban J connectivity index is 1.86. The van der Waals surface area contributed by atoms with Gasteiger partial charge in [-0.25, -0.2) is 4.39 Å². The summed E-state index contributed by atoms with van der Waals surface area (Å²) in [5.74, 6) is 0.502.